The fourth-order valence-corrected chi connectivity index (χ4v) is 6.60. The summed E-state index contributed by atoms with van der Waals surface area (Å²) < 4.78 is 8.46. The standard InChI is InChI=1S/C41H37N2O.Ir/c1-25(2)32-22-31(29-15-8-7-9-16-29)23-33(26(3)4)40(32)43-37-18-11-10-17-36(37)42-41(43)35-24-44-38-20-19-30(21-34(35)38)39-27(5)13-12-14-28(39)6;/h7-23,25-26H,1-6H3;/q-1;. The molecule has 1 radical (unpaired) electrons. The van der Waals surface area contributed by atoms with Gasteiger partial charge in [0.1, 0.15) is 0 Å². The van der Waals surface area contributed by atoms with Gasteiger partial charge in [-0.3, -0.25) is 4.98 Å². The Morgan fingerprint density at radius 3 is 1.98 bits per heavy atom. The minimum atomic E-state index is 0. The molecule has 0 aliphatic heterocycles. The van der Waals surface area contributed by atoms with Gasteiger partial charge in [0.2, 0.25) is 0 Å². The van der Waals surface area contributed by atoms with E-state index in [1.807, 2.05) is 0 Å². The molecular weight excluding hydrogens is 729 g/mol. The van der Waals surface area contributed by atoms with E-state index < -0.39 is 0 Å². The van der Waals surface area contributed by atoms with Gasteiger partial charge in [0.15, 0.2) is 0 Å². The minimum Gasteiger partial charge on any atom is -0.557 e. The first-order valence-corrected chi connectivity index (χ1v) is 15.5. The second-order valence-electron chi connectivity index (χ2n) is 12.5. The average molecular weight is 766 g/mol. The van der Waals surface area contributed by atoms with Gasteiger partial charge in [-0.05, 0) is 94.5 Å². The van der Waals surface area contributed by atoms with E-state index >= 15 is 0 Å². The molecule has 5 aromatic carbocycles. The van der Waals surface area contributed by atoms with Crippen LogP contribution in [0.4, 0.5) is 0 Å². The molecule has 0 spiro atoms. The van der Waals surface area contributed by atoms with Crippen molar-refractivity contribution >= 4 is 22.0 Å². The van der Waals surface area contributed by atoms with Gasteiger partial charge in [-0.25, -0.2) is 0 Å². The number of hydrogen-bond acceptors (Lipinski definition) is 2. The van der Waals surface area contributed by atoms with Gasteiger partial charge >= 0.3 is 0 Å². The van der Waals surface area contributed by atoms with Crippen LogP contribution in [-0.4, -0.2) is 9.55 Å². The Morgan fingerprint density at radius 1 is 0.667 bits per heavy atom. The second-order valence-corrected chi connectivity index (χ2v) is 12.5. The Hall–Kier alpha value is -4.24. The van der Waals surface area contributed by atoms with Crippen molar-refractivity contribution in [3.63, 3.8) is 0 Å². The molecule has 4 heteroatoms. The number of rotatable bonds is 6. The number of aryl methyl sites for hydroxylation is 2. The van der Waals surface area contributed by atoms with Crippen molar-refractivity contribution in [1.29, 1.82) is 0 Å². The average Bonchev–Trinajstić information content (AvgIpc) is 3.61. The molecule has 0 saturated carbocycles. The van der Waals surface area contributed by atoms with E-state index in [4.69, 9.17) is 9.40 Å². The summed E-state index contributed by atoms with van der Waals surface area (Å²) in [6.45, 7) is 13.5. The van der Waals surface area contributed by atoms with Crippen LogP contribution in [-0.2, 0) is 20.1 Å². The predicted molar refractivity (Wildman–Crippen MR) is 184 cm³/mol. The van der Waals surface area contributed by atoms with Crippen LogP contribution >= 0.6 is 0 Å². The van der Waals surface area contributed by atoms with Crippen molar-refractivity contribution < 1.29 is 24.5 Å². The van der Waals surface area contributed by atoms with E-state index in [0.29, 0.717) is 11.8 Å². The minimum absolute atomic E-state index is 0. The van der Waals surface area contributed by atoms with Crippen molar-refractivity contribution in [3.05, 3.63) is 132 Å². The van der Waals surface area contributed by atoms with Gasteiger partial charge in [0.05, 0.1) is 16.9 Å². The molecule has 0 N–H and O–H groups in total. The Labute approximate surface area is 279 Å². The molecule has 7 rings (SSSR count). The monoisotopic (exact) mass is 766 g/mol. The smallest absolute Gasteiger partial charge is 0.0774 e. The number of para-hydroxylation sites is 2. The molecule has 0 fully saturated rings. The summed E-state index contributed by atoms with van der Waals surface area (Å²) in [7, 11) is 0. The van der Waals surface area contributed by atoms with Crippen molar-refractivity contribution in [2.45, 2.75) is 53.4 Å². The Kier molecular flexibility index (Phi) is 8.39. The maximum Gasteiger partial charge on any atom is 0.0774 e. The van der Waals surface area contributed by atoms with Gasteiger partial charge in [-0.1, -0.05) is 118 Å². The summed E-state index contributed by atoms with van der Waals surface area (Å²) in [6.07, 6.45) is 3.29. The molecule has 2 aromatic heterocycles. The van der Waals surface area contributed by atoms with Crippen molar-refractivity contribution in [1.82, 2.24) is 9.55 Å². The van der Waals surface area contributed by atoms with Gasteiger partial charge < -0.3 is 8.98 Å². The molecule has 0 amide bonds. The molecule has 0 atom stereocenters. The summed E-state index contributed by atoms with van der Waals surface area (Å²) in [6, 6.07) is 36.8. The number of benzene rings is 5. The Balaban J connectivity index is 0.00000357. The SMILES string of the molecule is Cc1cccc(C)c1-c1ccc2o[c-]c(-c3nc4ccccc4n3-c3c(C(C)C)cc(-c4ccccc4)cc3C(C)C)c2c1.[Ir]. The number of aromatic nitrogens is 2. The van der Waals surface area contributed by atoms with Crippen LogP contribution in [0.5, 0.6) is 0 Å². The molecule has 0 unspecified atom stereocenters. The maximum absolute atomic E-state index is 6.10. The summed E-state index contributed by atoms with van der Waals surface area (Å²) in [4.78, 5) is 5.27. The Bertz CT molecular complexity index is 2100. The molecule has 0 aliphatic rings. The van der Waals surface area contributed by atoms with Crippen LogP contribution in [0.25, 0.3) is 61.3 Å². The first-order valence-electron chi connectivity index (χ1n) is 15.5. The summed E-state index contributed by atoms with van der Waals surface area (Å²) in [5.74, 6) is 1.43. The molecule has 3 nitrogen and oxygen atoms in total. The number of nitrogens with zero attached hydrogens (tertiary/aromatic N) is 2. The largest absolute Gasteiger partial charge is 0.557 e. The Morgan fingerprint density at radius 2 is 1.31 bits per heavy atom. The third-order valence-electron chi connectivity index (χ3n) is 8.81. The van der Waals surface area contributed by atoms with Crippen LogP contribution < -0.4 is 0 Å². The van der Waals surface area contributed by atoms with Gasteiger partial charge in [-0.2, -0.15) is 0 Å². The molecule has 45 heavy (non-hydrogen) atoms. The third-order valence-corrected chi connectivity index (χ3v) is 8.81. The number of fused-ring (bicyclic) bond motifs is 2. The van der Waals surface area contributed by atoms with Crippen LogP contribution in [0.2, 0.25) is 0 Å². The van der Waals surface area contributed by atoms with Crippen LogP contribution in [0.1, 0.15) is 61.8 Å². The number of furan rings is 1. The van der Waals surface area contributed by atoms with E-state index in [1.165, 1.54) is 50.2 Å². The van der Waals surface area contributed by atoms with Crippen LogP contribution in [0, 0.1) is 20.1 Å². The first-order chi connectivity index (χ1) is 21.3. The summed E-state index contributed by atoms with van der Waals surface area (Å²) in [5.41, 5.74) is 14.9. The molecule has 0 saturated heterocycles. The topological polar surface area (TPSA) is 31.0 Å². The van der Waals surface area contributed by atoms with Crippen molar-refractivity contribution in [2.24, 2.45) is 0 Å². The molecular formula is C41H37IrN2O-. The van der Waals surface area contributed by atoms with Gasteiger partial charge in [0, 0.05) is 37.6 Å². The number of imidazole rings is 1. The number of hydrogen-bond donors (Lipinski definition) is 0. The van der Waals surface area contributed by atoms with Gasteiger partial charge in [0.25, 0.3) is 0 Å². The zero-order valence-electron chi connectivity index (χ0n) is 26.6. The van der Waals surface area contributed by atoms with Crippen molar-refractivity contribution in [3.8, 4) is 39.3 Å². The fraction of sp³-hybridized carbons (Fsp3) is 0.195. The molecule has 2 heterocycles. The zero-order valence-corrected chi connectivity index (χ0v) is 29.0. The third kappa shape index (κ3) is 5.37. The van der Waals surface area contributed by atoms with E-state index in [1.54, 1.807) is 0 Å². The van der Waals surface area contributed by atoms with E-state index in [9.17, 15) is 0 Å². The van der Waals surface area contributed by atoms with E-state index in [-0.39, 0.29) is 20.1 Å². The van der Waals surface area contributed by atoms with Crippen LogP contribution in [0.3, 0.4) is 0 Å². The van der Waals surface area contributed by atoms with Gasteiger partial charge in [-0.15, -0.1) is 0 Å². The fourth-order valence-electron chi connectivity index (χ4n) is 6.60. The summed E-state index contributed by atoms with van der Waals surface area (Å²) in [5, 5.41) is 1.01. The van der Waals surface area contributed by atoms with E-state index in [2.05, 4.69) is 156 Å². The zero-order chi connectivity index (χ0) is 30.5. The van der Waals surface area contributed by atoms with E-state index in [0.717, 1.165) is 33.4 Å². The molecule has 0 bridgehead atoms. The second kappa shape index (κ2) is 12.3. The predicted octanol–water partition coefficient (Wildman–Crippen LogP) is 11.4. The van der Waals surface area contributed by atoms with Crippen LogP contribution in [0.15, 0.2) is 108 Å². The molecule has 0 aliphatic carbocycles. The van der Waals surface area contributed by atoms with Crippen molar-refractivity contribution in [2.75, 3.05) is 0 Å². The normalized spacial score (nSPS) is 11.6. The molecule has 7 aromatic rings. The first kappa shape index (κ1) is 30.8. The summed E-state index contributed by atoms with van der Waals surface area (Å²) >= 11 is 0. The molecule has 227 valence electrons. The quantitative estimate of drug-likeness (QED) is 0.158. The maximum atomic E-state index is 6.10.